The van der Waals surface area contributed by atoms with Crippen LogP contribution >= 0.6 is 0 Å². The van der Waals surface area contributed by atoms with Crippen LogP contribution in [0.1, 0.15) is 29.9 Å². The van der Waals surface area contributed by atoms with Crippen LogP contribution in [0.5, 0.6) is 0 Å². The van der Waals surface area contributed by atoms with Crippen LogP contribution in [0.2, 0.25) is 0 Å². The number of nitrogens with two attached hydrogens (primary N) is 1. The lowest BCUT2D eigenvalue weighted by atomic mass is 10.1. The van der Waals surface area contributed by atoms with Crippen LogP contribution in [0.15, 0.2) is 24.3 Å². The summed E-state index contributed by atoms with van der Waals surface area (Å²) in [5, 5.41) is 3.51. The van der Waals surface area contributed by atoms with Crippen molar-refractivity contribution in [2.75, 3.05) is 6.54 Å². The summed E-state index contributed by atoms with van der Waals surface area (Å²) in [6, 6.07) is 6.04. The number of hydrogen-bond acceptors (Lipinski definition) is 3. The fraction of sp³-hybridized carbons (Fsp3) is 0.333. The van der Waals surface area contributed by atoms with Gasteiger partial charge < -0.3 is 11.1 Å². The maximum atomic E-state index is 13.1. The fourth-order valence-electron chi connectivity index (χ4n) is 1.87. The van der Waals surface area contributed by atoms with E-state index in [1.165, 1.54) is 12.1 Å². The molecule has 20 heavy (non-hydrogen) atoms. The summed E-state index contributed by atoms with van der Waals surface area (Å²) in [5.74, 6) is -0.564. The lowest BCUT2D eigenvalue weighted by molar-refractivity contribution is 0.0945. The summed E-state index contributed by atoms with van der Waals surface area (Å²) < 4.78 is 13.1. The first-order chi connectivity index (χ1) is 9.26. The molecule has 1 amide bonds. The zero-order valence-corrected chi connectivity index (χ0v) is 11.8. The van der Waals surface area contributed by atoms with Crippen LogP contribution in [-0.2, 0) is 0 Å². The predicted octanol–water partition coefficient (Wildman–Crippen LogP) is 2.15. The predicted molar refractivity (Wildman–Crippen MR) is 77.0 cm³/mol. The molecule has 2 rings (SSSR count). The number of benzene rings is 1. The van der Waals surface area contributed by atoms with Crippen molar-refractivity contribution in [2.45, 2.75) is 26.3 Å². The van der Waals surface area contributed by atoms with Crippen molar-refractivity contribution in [2.24, 2.45) is 5.73 Å². The molecule has 0 fully saturated rings. The van der Waals surface area contributed by atoms with E-state index >= 15 is 0 Å². The average Bonchev–Trinajstić information content (AvgIpc) is 2.34. The van der Waals surface area contributed by atoms with Gasteiger partial charge in [-0.1, -0.05) is 0 Å². The third kappa shape index (κ3) is 3.30. The topological polar surface area (TPSA) is 68.0 Å². The quantitative estimate of drug-likeness (QED) is 0.902. The summed E-state index contributed by atoms with van der Waals surface area (Å²) in [4.78, 5) is 16.4. The Morgan fingerprint density at radius 3 is 2.75 bits per heavy atom. The number of rotatable bonds is 3. The number of hydrogen-bond donors (Lipinski definition) is 2. The van der Waals surface area contributed by atoms with Gasteiger partial charge in [-0.25, -0.2) is 4.39 Å². The van der Waals surface area contributed by atoms with Crippen molar-refractivity contribution >= 4 is 16.8 Å². The number of pyridine rings is 1. The maximum absolute atomic E-state index is 13.1. The monoisotopic (exact) mass is 275 g/mol. The van der Waals surface area contributed by atoms with Gasteiger partial charge >= 0.3 is 0 Å². The number of halogens is 1. The van der Waals surface area contributed by atoms with E-state index in [-0.39, 0.29) is 11.7 Å². The average molecular weight is 275 g/mol. The smallest absolute Gasteiger partial charge is 0.253 e. The van der Waals surface area contributed by atoms with Gasteiger partial charge in [-0.3, -0.25) is 9.78 Å². The Balaban J connectivity index is 2.32. The van der Waals surface area contributed by atoms with E-state index in [1.807, 2.05) is 13.8 Å². The Morgan fingerprint density at radius 1 is 1.40 bits per heavy atom. The van der Waals surface area contributed by atoms with Gasteiger partial charge in [0.25, 0.3) is 5.91 Å². The molecular formula is C15H18FN3O. The van der Waals surface area contributed by atoms with E-state index in [9.17, 15) is 9.18 Å². The molecular weight excluding hydrogens is 257 g/mol. The first-order valence-electron chi connectivity index (χ1n) is 6.40. The molecule has 1 heterocycles. The first kappa shape index (κ1) is 14.4. The molecule has 0 aliphatic rings. The minimum absolute atomic E-state index is 0.222. The molecule has 0 atom stereocenters. The summed E-state index contributed by atoms with van der Waals surface area (Å²) in [6.07, 6.45) is 0. The molecule has 0 bridgehead atoms. The van der Waals surface area contributed by atoms with Gasteiger partial charge in [0.1, 0.15) is 5.82 Å². The zero-order chi connectivity index (χ0) is 14.9. The molecule has 0 aliphatic heterocycles. The van der Waals surface area contributed by atoms with E-state index in [4.69, 9.17) is 5.73 Å². The number of amides is 1. The Kier molecular flexibility index (Phi) is 3.72. The van der Waals surface area contributed by atoms with Crippen molar-refractivity contribution in [3.63, 3.8) is 0 Å². The highest BCUT2D eigenvalue weighted by molar-refractivity contribution is 5.98. The number of carbonyl (C=O) groups excluding carboxylic acids is 1. The number of nitrogens with zero attached hydrogens (tertiary/aromatic N) is 1. The largest absolute Gasteiger partial charge is 0.350 e. The highest BCUT2D eigenvalue weighted by Crippen LogP contribution is 2.17. The highest BCUT2D eigenvalue weighted by atomic mass is 19.1. The molecule has 0 saturated heterocycles. The second kappa shape index (κ2) is 5.17. The van der Waals surface area contributed by atoms with Crippen LogP contribution in [0.4, 0.5) is 4.39 Å². The van der Waals surface area contributed by atoms with Crippen molar-refractivity contribution in [3.05, 3.63) is 41.3 Å². The van der Waals surface area contributed by atoms with E-state index in [0.717, 1.165) is 5.39 Å². The van der Waals surface area contributed by atoms with Gasteiger partial charge in [-0.2, -0.15) is 0 Å². The molecule has 0 unspecified atom stereocenters. The fourth-order valence-corrected chi connectivity index (χ4v) is 1.87. The molecule has 0 radical (unpaired) electrons. The third-order valence-electron chi connectivity index (χ3n) is 2.92. The number of nitrogens with one attached hydrogen (secondary N) is 1. The molecule has 0 saturated carbocycles. The second-order valence-corrected chi connectivity index (χ2v) is 5.63. The number of fused-ring (bicyclic) bond motifs is 1. The molecule has 106 valence electrons. The van der Waals surface area contributed by atoms with E-state index in [0.29, 0.717) is 23.3 Å². The van der Waals surface area contributed by atoms with Crippen molar-refractivity contribution < 1.29 is 9.18 Å². The maximum Gasteiger partial charge on any atom is 0.253 e. The van der Waals surface area contributed by atoms with Gasteiger partial charge in [-0.05, 0) is 39.0 Å². The van der Waals surface area contributed by atoms with Crippen LogP contribution < -0.4 is 11.1 Å². The van der Waals surface area contributed by atoms with Crippen LogP contribution in [-0.4, -0.2) is 23.0 Å². The van der Waals surface area contributed by atoms with Gasteiger partial charge in [0.05, 0.1) is 16.8 Å². The van der Waals surface area contributed by atoms with Gasteiger partial charge in [0.15, 0.2) is 0 Å². The molecule has 1 aromatic carbocycles. The van der Waals surface area contributed by atoms with Gasteiger partial charge in [0, 0.05) is 23.5 Å². The van der Waals surface area contributed by atoms with Gasteiger partial charge in [0.2, 0.25) is 0 Å². The number of carbonyl (C=O) groups is 1. The minimum atomic E-state index is -0.475. The zero-order valence-electron chi connectivity index (χ0n) is 11.8. The lowest BCUT2D eigenvalue weighted by Gasteiger charge is -2.19. The standard InChI is InChI=1S/C15H18FN3O/c1-9-12(14(20)18-8-15(2,3)17)6-10-4-5-11(16)7-13(10)19-9/h4-7H,8,17H2,1-3H3,(H,18,20). The Morgan fingerprint density at radius 2 is 2.10 bits per heavy atom. The molecule has 2 aromatic rings. The Hall–Kier alpha value is -2.01. The molecule has 4 nitrogen and oxygen atoms in total. The summed E-state index contributed by atoms with van der Waals surface area (Å²) >= 11 is 0. The van der Waals surface area contributed by atoms with Gasteiger partial charge in [-0.15, -0.1) is 0 Å². The van der Waals surface area contributed by atoms with E-state index < -0.39 is 5.54 Å². The Labute approximate surface area is 117 Å². The van der Waals surface area contributed by atoms with Crippen molar-refractivity contribution in [1.29, 1.82) is 0 Å². The third-order valence-corrected chi connectivity index (χ3v) is 2.92. The molecule has 5 heteroatoms. The van der Waals surface area contributed by atoms with Crippen molar-refractivity contribution in [1.82, 2.24) is 10.3 Å². The van der Waals surface area contributed by atoms with Crippen LogP contribution in [0, 0.1) is 12.7 Å². The molecule has 0 aliphatic carbocycles. The lowest BCUT2D eigenvalue weighted by Crippen LogP contribution is -2.45. The number of aromatic nitrogens is 1. The van der Waals surface area contributed by atoms with Crippen LogP contribution in [0.3, 0.4) is 0 Å². The summed E-state index contributed by atoms with van der Waals surface area (Å²) in [5.41, 5.74) is 6.95. The molecule has 3 N–H and O–H groups in total. The Bertz CT molecular complexity index is 662. The molecule has 0 spiro atoms. The van der Waals surface area contributed by atoms with E-state index in [1.54, 1.807) is 19.1 Å². The summed E-state index contributed by atoms with van der Waals surface area (Å²) in [7, 11) is 0. The normalized spacial score (nSPS) is 11.7. The summed E-state index contributed by atoms with van der Waals surface area (Å²) in [6.45, 7) is 5.77. The van der Waals surface area contributed by atoms with E-state index in [2.05, 4.69) is 10.3 Å². The highest BCUT2D eigenvalue weighted by Gasteiger charge is 2.16. The van der Waals surface area contributed by atoms with Crippen molar-refractivity contribution in [3.8, 4) is 0 Å². The minimum Gasteiger partial charge on any atom is -0.350 e. The first-order valence-corrected chi connectivity index (χ1v) is 6.40. The second-order valence-electron chi connectivity index (χ2n) is 5.63. The number of aryl methyl sites for hydroxylation is 1. The SMILES string of the molecule is Cc1nc2cc(F)ccc2cc1C(=O)NCC(C)(C)N. The molecule has 1 aromatic heterocycles. The van der Waals surface area contributed by atoms with Crippen LogP contribution in [0.25, 0.3) is 10.9 Å².